The van der Waals surface area contributed by atoms with Gasteiger partial charge in [-0.1, -0.05) is 18.1 Å². The van der Waals surface area contributed by atoms with E-state index in [0.717, 1.165) is 28.9 Å². The molecule has 0 saturated carbocycles. The van der Waals surface area contributed by atoms with Crippen molar-refractivity contribution in [2.24, 2.45) is 5.14 Å². The van der Waals surface area contributed by atoms with Gasteiger partial charge < -0.3 is 19.2 Å². The third-order valence-corrected chi connectivity index (χ3v) is 4.79. The van der Waals surface area contributed by atoms with E-state index in [2.05, 4.69) is 16.0 Å². The summed E-state index contributed by atoms with van der Waals surface area (Å²) in [6.07, 6.45) is 5.29. The monoisotopic (exact) mass is 409 g/mol. The van der Waals surface area contributed by atoms with E-state index < -0.39 is 11.7 Å². The minimum absolute atomic E-state index is 0.146. The smallest absolute Gasteiger partial charge is 0.412 e. The molecular weight excluding hydrogens is 390 g/mol. The van der Waals surface area contributed by atoms with Crippen LogP contribution in [0.1, 0.15) is 22.3 Å². The van der Waals surface area contributed by atoms with E-state index in [0.29, 0.717) is 28.5 Å². The van der Waals surface area contributed by atoms with E-state index in [1.807, 2.05) is 31.2 Å². The minimum atomic E-state index is -0.666. The van der Waals surface area contributed by atoms with Gasteiger partial charge in [0.05, 0.1) is 5.56 Å². The number of anilines is 1. The molecule has 0 radical (unpaired) electrons. The van der Waals surface area contributed by atoms with E-state index >= 15 is 0 Å². The van der Waals surface area contributed by atoms with E-state index in [-0.39, 0.29) is 5.75 Å². The highest BCUT2D eigenvalue weighted by atomic mass is 32.2. The second-order valence-electron chi connectivity index (χ2n) is 6.22. The first-order chi connectivity index (χ1) is 14.0. The molecule has 1 heterocycles. The molecule has 0 atom stereocenters. The van der Waals surface area contributed by atoms with Crippen molar-refractivity contribution < 1.29 is 13.9 Å². The van der Waals surface area contributed by atoms with Gasteiger partial charge in [0.15, 0.2) is 5.75 Å². The van der Waals surface area contributed by atoms with Gasteiger partial charge in [0.2, 0.25) is 0 Å². The largest absolute Gasteiger partial charge is 0.422 e. The second-order valence-corrected chi connectivity index (χ2v) is 6.66. The molecule has 0 aliphatic rings. The summed E-state index contributed by atoms with van der Waals surface area (Å²) in [6, 6.07) is 10.7. The summed E-state index contributed by atoms with van der Waals surface area (Å²) >= 11 is 1.000. The molecule has 7 nitrogen and oxygen atoms in total. The Labute approximate surface area is 171 Å². The van der Waals surface area contributed by atoms with Crippen LogP contribution in [0.2, 0.25) is 0 Å². The van der Waals surface area contributed by atoms with Gasteiger partial charge in [-0.15, -0.1) is 6.42 Å². The summed E-state index contributed by atoms with van der Waals surface area (Å²) in [5.74, 6) is 2.65. The van der Waals surface area contributed by atoms with Crippen LogP contribution < -0.4 is 25.5 Å². The molecule has 1 amide bonds. The van der Waals surface area contributed by atoms with Gasteiger partial charge in [-0.25, -0.2) is 9.59 Å². The highest BCUT2D eigenvalue weighted by Gasteiger charge is 2.16. The number of terminal acetylenes is 1. The number of aryl methyl sites for hydroxylation is 1. The Kier molecular flexibility index (Phi) is 6.12. The van der Waals surface area contributed by atoms with Crippen molar-refractivity contribution in [1.29, 1.82) is 0 Å². The second kappa shape index (κ2) is 8.73. The van der Waals surface area contributed by atoms with E-state index in [9.17, 15) is 9.59 Å². The summed E-state index contributed by atoms with van der Waals surface area (Å²) in [6.45, 7) is 1.84. The first kappa shape index (κ1) is 20.3. The van der Waals surface area contributed by atoms with Gasteiger partial charge >= 0.3 is 11.7 Å². The van der Waals surface area contributed by atoms with Crippen molar-refractivity contribution >= 4 is 34.9 Å². The van der Waals surface area contributed by atoms with Crippen LogP contribution in [0, 0.1) is 19.3 Å². The van der Waals surface area contributed by atoms with Crippen molar-refractivity contribution in [3.05, 3.63) is 69.1 Å². The summed E-state index contributed by atoms with van der Waals surface area (Å²) in [4.78, 5) is 24.2. The Hall–Kier alpha value is -3.41. The lowest BCUT2D eigenvalue weighted by Gasteiger charge is -2.12. The van der Waals surface area contributed by atoms with E-state index in [1.54, 1.807) is 6.07 Å². The van der Waals surface area contributed by atoms with Crippen molar-refractivity contribution in [2.45, 2.75) is 13.3 Å². The van der Waals surface area contributed by atoms with Crippen LogP contribution in [0.15, 0.2) is 45.6 Å². The van der Waals surface area contributed by atoms with Crippen molar-refractivity contribution in [1.82, 2.24) is 5.32 Å². The minimum Gasteiger partial charge on any atom is -0.422 e. The maximum atomic E-state index is 12.6. The van der Waals surface area contributed by atoms with Crippen LogP contribution in [0.25, 0.3) is 11.0 Å². The predicted octanol–water partition coefficient (Wildman–Crippen LogP) is 3.33. The molecule has 3 aromatic rings. The van der Waals surface area contributed by atoms with Crippen molar-refractivity contribution in [2.75, 3.05) is 11.8 Å². The molecule has 29 heavy (non-hydrogen) atoms. The van der Waals surface area contributed by atoms with Crippen LogP contribution in [0.3, 0.4) is 0 Å². The third-order valence-electron chi connectivity index (χ3n) is 4.43. The summed E-state index contributed by atoms with van der Waals surface area (Å²) < 4.78 is 13.6. The molecule has 0 aliphatic carbocycles. The number of amides is 1. The van der Waals surface area contributed by atoms with Gasteiger partial charge in [-0.2, -0.15) is 0 Å². The lowest BCUT2D eigenvalue weighted by atomic mass is 9.98. The first-order valence-corrected chi connectivity index (χ1v) is 9.52. The Balaban J connectivity index is 2.07. The maximum absolute atomic E-state index is 12.6. The number of benzene rings is 2. The van der Waals surface area contributed by atoms with Crippen LogP contribution >= 0.6 is 12.1 Å². The number of nitrogens with two attached hydrogens (primary N) is 1. The first-order valence-electron chi connectivity index (χ1n) is 8.64. The average Bonchev–Trinajstić information content (AvgIpc) is 2.71. The molecule has 0 saturated heterocycles. The fourth-order valence-electron chi connectivity index (χ4n) is 2.99. The highest BCUT2D eigenvalue weighted by Crippen LogP contribution is 2.29. The number of hydrogen-bond acceptors (Lipinski definition) is 7. The molecule has 0 aliphatic heterocycles. The van der Waals surface area contributed by atoms with Crippen molar-refractivity contribution in [3.8, 4) is 18.1 Å². The predicted molar refractivity (Wildman–Crippen MR) is 115 cm³/mol. The number of carbonyl (C=O) groups is 1. The number of rotatable bonds is 5. The lowest BCUT2D eigenvalue weighted by molar-refractivity contribution is 0.203. The van der Waals surface area contributed by atoms with Crippen LogP contribution in [-0.2, 0) is 6.42 Å². The fraction of sp³-hybridized carbons (Fsp3) is 0.143. The molecule has 3 rings (SSSR count). The number of fused-ring (bicyclic) bond motifs is 1. The molecular formula is C21H19N3O4S. The van der Waals surface area contributed by atoms with Gasteiger partial charge in [0, 0.05) is 48.3 Å². The molecule has 148 valence electrons. The van der Waals surface area contributed by atoms with Gasteiger partial charge in [-0.05, 0) is 36.2 Å². The fourth-order valence-corrected chi connectivity index (χ4v) is 3.25. The molecule has 0 unspecified atom stereocenters. The lowest BCUT2D eigenvalue weighted by Crippen LogP contribution is -2.22. The molecule has 1 aromatic heterocycles. The Bertz CT molecular complexity index is 1180. The molecule has 4 N–H and O–H groups in total. The Morgan fingerprint density at radius 3 is 2.83 bits per heavy atom. The number of carbonyl (C=O) groups excluding carboxylic acids is 1. The molecule has 0 bridgehead atoms. The van der Waals surface area contributed by atoms with E-state index in [4.69, 9.17) is 20.7 Å². The normalized spacial score (nSPS) is 10.4. The summed E-state index contributed by atoms with van der Waals surface area (Å²) in [5.41, 5.74) is 3.27. The van der Waals surface area contributed by atoms with Crippen LogP contribution in [0.5, 0.6) is 5.75 Å². The third kappa shape index (κ3) is 4.37. The number of hydrogen-bond donors (Lipinski definition) is 3. The SMILES string of the molecule is C#Cc1cc2c(C)c(Cc3cccc(NSN)c3)c(=O)oc2cc1OC(=O)NC. The zero-order valence-electron chi connectivity index (χ0n) is 15.9. The van der Waals surface area contributed by atoms with Crippen LogP contribution in [0.4, 0.5) is 10.5 Å². The summed E-state index contributed by atoms with van der Waals surface area (Å²) in [5, 5.41) is 8.47. The zero-order chi connectivity index (χ0) is 21.0. The molecule has 0 fully saturated rings. The molecule has 8 heteroatoms. The standard InChI is InChI=1S/C21H19N3O4S/c1-4-14-10-16-12(2)17(9-13-6-5-7-15(8-13)24-29-22)20(25)27-19(16)11-18(14)28-21(26)23-3/h1,5-8,10-11,24H,9,22H2,2-3H3,(H,23,26). The average molecular weight is 409 g/mol. The number of nitrogens with one attached hydrogen (secondary N) is 2. The van der Waals surface area contributed by atoms with E-state index in [1.165, 1.54) is 13.1 Å². The van der Waals surface area contributed by atoms with Gasteiger partial charge in [-0.3, -0.25) is 5.14 Å². The van der Waals surface area contributed by atoms with Crippen LogP contribution in [-0.4, -0.2) is 13.1 Å². The highest BCUT2D eigenvalue weighted by molar-refractivity contribution is 7.98. The Morgan fingerprint density at radius 1 is 1.34 bits per heavy atom. The topological polar surface area (TPSA) is 107 Å². The van der Waals surface area contributed by atoms with Gasteiger partial charge in [0.25, 0.3) is 0 Å². The van der Waals surface area contributed by atoms with Crippen molar-refractivity contribution in [3.63, 3.8) is 0 Å². The zero-order valence-corrected chi connectivity index (χ0v) is 16.7. The Morgan fingerprint density at radius 2 is 2.14 bits per heavy atom. The maximum Gasteiger partial charge on any atom is 0.412 e. The molecule has 2 aromatic carbocycles. The quantitative estimate of drug-likeness (QED) is 0.337. The summed E-state index contributed by atoms with van der Waals surface area (Å²) in [7, 11) is 1.44. The van der Waals surface area contributed by atoms with Gasteiger partial charge in [0.1, 0.15) is 5.58 Å². The molecule has 0 spiro atoms. The number of ether oxygens (including phenoxy) is 1.